The average molecular weight is 207 g/mol. The molecule has 1 unspecified atom stereocenters. The molecule has 1 aromatic rings. The molecule has 1 aromatic carbocycles. The van der Waals surface area contributed by atoms with E-state index in [0.29, 0.717) is 5.92 Å². The summed E-state index contributed by atoms with van der Waals surface area (Å²) in [6.07, 6.45) is 0. The molecule has 0 bridgehead atoms. The van der Waals surface area contributed by atoms with E-state index in [1.165, 1.54) is 11.1 Å². The second kappa shape index (κ2) is 5.89. The quantitative estimate of drug-likeness (QED) is 0.775. The van der Waals surface area contributed by atoms with Crippen molar-refractivity contribution < 1.29 is 5.11 Å². The van der Waals surface area contributed by atoms with Crippen LogP contribution in [0.4, 0.5) is 0 Å². The van der Waals surface area contributed by atoms with Crippen molar-refractivity contribution in [3.63, 3.8) is 0 Å². The highest BCUT2D eigenvalue weighted by molar-refractivity contribution is 5.27. The van der Waals surface area contributed by atoms with E-state index in [4.69, 9.17) is 0 Å². The molecule has 2 nitrogen and oxygen atoms in total. The number of likely N-dealkylation sites (N-methyl/N-ethyl adjacent to an activating group) is 1. The summed E-state index contributed by atoms with van der Waals surface area (Å²) in [4.78, 5) is 0. The fourth-order valence-corrected chi connectivity index (χ4v) is 1.69. The molecule has 0 aromatic heterocycles. The van der Waals surface area contributed by atoms with Gasteiger partial charge in [0, 0.05) is 12.5 Å². The molecule has 0 spiro atoms. The van der Waals surface area contributed by atoms with Gasteiger partial charge in [-0.2, -0.15) is 0 Å². The highest BCUT2D eigenvalue weighted by atomic mass is 16.3. The minimum absolute atomic E-state index is 0.196. The Morgan fingerprint density at radius 3 is 2.07 bits per heavy atom. The maximum atomic E-state index is 9.25. The van der Waals surface area contributed by atoms with Crippen LogP contribution in [-0.4, -0.2) is 25.3 Å². The molecule has 0 amide bonds. The van der Waals surface area contributed by atoms with Crippen molar-refractivity contribution in [2.24, 2.45) is 0 Å². The topological polar surface area (TPSA) is 32.3 Å². The van der Waals surface area contributed by atoms with E-state index >= 15 is 0 Å². The van der Waals surface area contributed by atoms with Crippen LogP contribution in [0.5, 0.6) is 0 Å². The van der Waals surface area contributed by atoms with Gasteiger partial charge in [0.2, 0.25) is 0 Å². The van der Waals surface area contributed by atoms with Crippen LogP contribution in [0.2, 0.25) is 0 Å². The van der Waals surface area contributed by atoms with Crippen molar-refractivity contribution in [2.45, 2.75) is 25.7 Å². The van der Waals surface area contributed by atoms with Gasteiger partial charge in [-0.05, 0) is 24.1 Å². The van der Waals surface area contributed by atoms with E-state index in [-0.39, 0.29) is 12.5 Å². The van der Waals surface area contributed by atoms with Gasteiger partial charge in [-0.25, -0.2) is 0 Å². The molecule has 0 heterocycles. The Morgan fingerprint density at radius 2 is 1.67 bits per heavy atom. The number of hydrogen-bond donors (Lipinski definition) is 2. The fourth-order valence-electron chi connectivity index (χ4n) is 1.69. The molecular formula is C13H21NO. The third kappa shape index (κ3) is 3.33. The molecule has 0 fully saturated rings. The molecule has 0 aliphatic carbocycles. The van der Waals surface area contributed by atoms with Crippen molar-refractivity contribution in [2.75, 3.05) is 20.2 Å². The second-order valence-electron chi connectivity index (χ2n) is 4.26. The van der Waals surface area contributed by atoms with Gasteiger partial charge in [0.05, 0.1) is 6.61 Å². The zero-order valence-electron chi connectivity index (χ0n) is 9.83. The van der Waals surface area contributed by atoms with Gasteiger partial charge in [0.15, 0.2) is 0 Å². The zero-order chi connectivity index (χ0) is 11.3. The van der Waals surface area contributed by atoms with E-state index in [1.54, 1.807) is 0 Å². The summed E-state index contributed by atoms with van der Waals surface area (Å²) >= 11 is 0. The van der Waals surface area contributed by atoms with E-state index < -0.39 is 0 Å². The summed E-state index contributed by atoms with van der Waals surface area (Å²) in [7, 11) is 1.91. The lowest BCUT2D eigenvalue weighted by Gasteiger charge is -2.15. The first-order valence-electron chi connectivity index (χ1n) is 5.54. The monoisotopic (exact) mass is 207 g/mol. The van der Waals surface area contributed by atoms with Crippen molar-refractivity contribution >= 4 is 0 Å². The van der Waals surface area contributed by atoms with Gasteiger partial charge in [-0.1, -0.05) is 38.1 Å². The normalized spacial score (nSPS) is 13.1. The molecule has 2 N–H and O–H groups in total. The van der Waals surface area contributed by atoms with Crippen LogP contribution in [0, 0.1) is 0 Å². The molecule has 0 aliphatic rings. The maximum absolute atomic E-state index is 9.25. The van der Waals surface area contributed by atoms with Crippen molar-refractivity contribution in [1.29, 1.82) is 0 Å². The first-order valence-corrected chi connectivity index (χ1v) is 5.54. The number of hydrogen-bond acceptors (Lipinski definition) is 2. The minimum Gasteiger partial charge on any atom is -0.396 e. The summed E-state index contributed by atoms with van der Waals surface area (Å²) in [6.45, 7) is 5.39. The molecule has 15 heavy (non-hydrogen) atoms. The highest BCUT2D eigenvalue weighted by Crippen LogP contribution is 2.19. The predicted octanol–water partition coefficient (Wildman–Crippen LogP) is 2.11. The Balaban J connectivity index is 2.77. The average Bonchev–Trinajstić information content (AvgIpc) is 2.26. The third-order valence-corrected chi connectivity index (χ3v) is 2.75. The van der Waals surface area contributed by atoms with Crippen LogP contribution >= 0.6 is 0 Å². The first-order chi connectivity index (χ1) is 7.19. The summed E-state index contributed by atoms with van der Waals surface area (Å²) in [5.41, 5.74) is 2.55. The number of rotatable bonds is 5. The lowest BCUT2D eigenvalue weighted by molar-refractivity contribution is 0.263. The van der Waals surface area contributed by atoms with Crippen LogP contribution in [0.25, 0.3) is 0 Å². The van der Waals surface area contributed by atoms with Gasteiger partial charge in [0.25, 0.3) is 0 Å². The summed E-state index contributed by atoms with van der Waals surface area (Å²) < 4.78 is 0. The van der Waals surface area contributed by atoms with E-state index in [1.807, 2.05) is 7.05 Å². The lowest BCUT2D eigenvalue weighted by Crippen LogP contribution is -2.19. The standard InChI is InChI=1S/C13H21NO/c1-10(2)11-4-6-12(7-5-11)13(9-15)8-14-3/h4-7,10,13-15H,8-9H2,1-3H3. The van der Waals surface area contributed by atoms with Crippen LogP contribution in [0.15, 0.2) is 24.3 Å². The Morgan fingerprint density at radius 1 is 1.13 bits per heavy atom. The van der Waals surface area contributed by atoms with Crippen molar-refractivity contribution in [3.8, 4) is 0 Å². The summed E-state index contributed by atoms with van der Waals surface area (Å²) in [5, 5.41) is 12.3. The first kappa shape index (κ1) is 12.2. The molecule has 1 atom stereocenters. The van der Waals surface area contributed by atoms with Gasteiger partial charge < -0.3 is 10.4 Å². The predicted molar refractivity (Wildman–Crippen MR) is 64.3 cm³/mol. The zero-order valence-corrected chi connectivity index (χ0v) is 9.83. The number of aliphatic hydroxyl groups excluding tert-OH is 1. The largest absolute Gasteiger partial charge is 0.396 e. The Hall–Kier alpha value is -0.860. The van der Waals surface area contributed by atoms with Crippen LogP contribution in [-0.2, 0) is 0 Å². The molecular weight excluding hydrogens is 186 g/mol. The molecule has 84 valence electrons. The van der Waals surface area contributed by atoms with E-state index in [9.17, 15) is 5.11 Å². The molecule has 0 radical (unpaired) electrons. The Bertz CT molecular complexity index is 279. The SMILES string of the molecule is CNCC(CO)c1ccc(C(C)C)cc1. The van der Waals surface area contributed by atoms with Crippen molar-refractivity contribution in [1.82, 2.24) is 5.32 Å². The summed E-state index contributed by atoms with van der Waals surface area (Å²) in [6, 6.07) is 8.54. The minimum atomic E-state index is 0.196. The van der Waals surface area contributed by atoms with E-state index in [2.05, 4.69) is 43.4 Å². The molecule has 0 aliphatic heterocycles. The molecule has 0 saturated heterocycles. The lowest BCUT2D eigenvalue weighted by atomic mass is 9.95. The fraction of sp³-hybridized carbons (Fsp3) is 0.538. The van der Waals surface area contributed by atoms with Crippen LogP contribution in [0.1, 0.15) is 36.8 Å². The van der Waals surface area contributed by atoms with E-state index in [0.717, 1.165) is 6.54 Å². The molecule has 1 rings (SSSR count). The van der Waals surface area contributed by atoms with Crippen LogP contribution in [0.3, 0.4) is 0 Å². The molecule has 2 heteroatoms. The Labute approximate surface area is 92.3 Å². The Kier molecular flexibility index (Phi) is 4.79. The second-order valence-corrected chi connectivity index (χ2v) is 4.26. The summed E-state index contributed by atoms with van der Waals surface area (Å²) in [5.74, 6) is 0.770. The maximum Gasteiger partial charge on any atom is 0.0511 e. The smallest absolute Gasteiger partial charge is 0.0511 e. The number of nitrogens with one attached hydrogen (secondary N) is 1. The number of benzene rings is 1. The van der Waals surface area contributed by atoms with Gasteiger partial charge in [0.1, 0.15) is 0 Å². The van der Waals surface area contributed by atoms with Gasteiger partial charge in [-0.15, -0.1) is 0 Å². The van der Waals surface area contributed by atoms with Gasteiger partial charge >= 0.3 is 0 Å². The highest BCUT2D eigenvalue weighted by Gasteiger charge is 2.09. The van der Waals surface area contributed by atoms with Crippen molar-refractivity contribution in [3.05, 3.63) is 35.4 Å². The van der Waals surface area contributed by atoms with Crippen LogP contribution < -0.4 is 5.32 Å². The van der Waals surface area contributed by atoms with Gasteiger partial charge in [-0.3, -0.25) is 0 Å². The third-order valence-electron chi connectivity index (χ3n) is 2.75. The number of aliphatic hydroxyl groups is 1. The molecule has 0 saturated carbocycles.